The van der Waals surface area contributed by atoms with Crippen molar-refractivity contribution in [1.29, 1.82) is 0 Å². The summed E-state index contributed by atoms with van der Waals surface area (Å²) in [4.78, 5) is 25.0. The summed E-state index contributed by atoms with van der Waals surface area (Å²) in [6.07, 6.45) is 0.308. The topological polar surface area (TPSA) is 84.0 Å². The maximum atomic E-state index is 12.6. The maximum absolute atomic E-state index is 12.6. The summed E-state index contributed by atoms with van der Waals surface area (Å²) in [7, 11) is -2.29. The Morgan fingerprint density at radius 3 is 2.54 bits per heavy atom. The lowest BCUT2D eigenvalue weighted by atomic mass is 10.3. The van der Waals surface area contributed by atoms with Gasteiger partial charge in [0.15, 0.2) is 0 Å². The maximum Gasteiger partial charge on any atom is 0.315 e. The van der Waals surface area contributed by atoms with Crippen molar-refractivity contribution in [2.45, 2.75) is 11.3 Å². The Bertz CT molecular complexity index is 749. The van der Waals surface area contributed by atoms with Crippen molar-refractivity contribution in [1.82, 2.24) is 9.21 Å². The highest BCUT2D eigenvalue weighted by Crippen LogP contribution is 2.21. The van der Waals surface area contributed by atoms with E-state index in [0.717, 1.165) is 0 Å². The summed E-state index contributed by atoms with van der Waals surface area (Å²) in [5.41, 5.74) is 0. The molecule has 1 saturated heterocycles. The molecule has 144 valence electrons. The van der Waals surface area contributed by atoms with Crippen LogP contribution >= 0.6 is 23.4 Å². The summed E-state index contributed by atoms with van der Waals surface area (Å²) in [5, 5.41) is 0.365. The van der Waals surface area contributed by atoms with Crippen LogP contribution in [0.15, 0.2) is 29.2 Å². The van der Waals surface area contributed by atoms with Gasteiger partial charge in [0, 0.05) is 43.4 Å². The highest BCUT2D eigenvalue weighted by Gasteiger charge is 2.30. The van der Waals surface area contributed by atoms with Crippen LogP contribution in [0.5, 0.6) is 0 Å². The minimum absolute atomic E-state index is 0.0397. The van der Waals surface area contributed by atoms with Gasteiger partial charge in [-0.25, -0.2) is 8.42 Å². The number of hydrogen-bond acceptors (Lipinski definition) is 6. The minimum atomic E-state index is -3.61. The molecule has 0 aliphatic carbocycles. The van der Waals surface area contributed by atoms with Gasteiger partial charge in [0.1, 0.15) is 0 Å². The lowest BCUT2D eigenvalue weighted by molar-refractivity contribution is -0.137. The molecule has 0 aromatic heterocycles. The first-order valence-corrected chi connectivity index (χ1v) is 11.0. The molecule has 1 aliphatic heterocycles. The number of esters is 1. The van der Waals surface area contributed by atoms with Crippen LogP contribution in [0.3, 0.4) is 0 Å². The second-order valence-electron chi connectivity index (χ2n) is 5.62. The normalized spacial score (nSPS) is 15.7. The summed E-state index contributed by atoms with van der Waals surface area (Å²) in [6.45, 7) is 1.19. The van der Waals surface area contributed by atoms with E-state index in [1.165, 1.54) is 35.3 Å². The second-order valence-corrected chi connectivity index (χ2v) is 9.10. The third kappa shape index (κ3) is 5.60. The van der Waals surface area contributed by atoms with Gasteiger partial charge in [-0.3, -0.25) is 9.59 Å². The highest BCUT2D eigenvalue weighted by molar-refractivity contribution is 7.99. The largest absolute Gasteiger partial charge is 0.468 e. The van der Waals surface area contributed by atoms with Crippen LogP contribution in [0, 0.1) is 0 Å². The summed E-state index contributed by atoms with van der Waals surface area (Å²) in [5.74, 6) is 0.383. The van der Waals surface area contributed by atoms with E-state index in [2.05, 4.69) is 4.74 Å². The molecular weight excluding hydrogens is 400 g/mol. The predicted molar refractivity (Wildman–Crippen MR) is 101 cm³/mol. The molecule has 1 aromatic rings. The van der Waals surface area contributed by atoms with Crippen molar-refractivity contribution < 1.29 is 22.7 Å². The molecule has 10 heteroatoms. The molecule has 0 saturated carbocycles. The molecule has 7 nitrogen and oxygen atoms in total. The number of thioether (sulfide) groups is 1. The molecule has 2 rings (SSSR count). The zero-order valence-electron chi connectivity index (χ0n) is 14.4. The SMILES string of the molecule is COC(=O)CSCCC(=O)N1CCN(S(=O)(=O)c2cccc(Cl)c2)CC1. The van der Waals surface area contributed by atoms with E-state index in [0.29, 0.717) is 30.3 Å². The molecule has 0 N–H and O–H groups in total. The number of halogens is 1. The Balaban J connectivity index is 1.83. The molecule has 0 spiro atoms. The number of hydrogen-bond donors (Lipinski definition) is 0. The molecule has 0 atom stereocenters. The number of rotatable bonds is 7. The molecule has 26 heavy (non-hydrogen) atoms. The minimum Gasteiger partial charge on any atom is -0.468 e. The van der Waals surface area contributed by atoms with Crippen molar-refractivity contribution in [3.63, 3.8) is 0 Å². The van der Waals surface area contributed by atoms with Crippen molar-refractivity contribution in [2.24, 2.45) is 0 Å². The first kappa shape index (κ1) is 21.0. The van der Waals surface area contributed by atoms with Crippen molar-refractivity contribution in [3.05, 3.63) is 29.3 Å². The highest BCUT2D eigenvalue weighted by atomic mass is 35.5. The number of piperazine rings is 1. The van der Waals surface area contributed by atoms with Crippen LogP contribution < -0.4 is 0 Å². The first-order chi connectivity index (χ1) is 12.3. The van der Waals surface area contributed by atoms with Crippen molar-refractivity contribution in [2.75, 3.05) is 44.8 Å². The zero-order valence-corrected chi connectivity index (χ0v) is 16.8. The lowest BCUT2D eigenvalue weighted by Gasteiger charge is -2.34. The number of sulfonamides is 1. The molecule has 1 aromatic carbocycles. The molecule has 1 amide bonds. The average Bonchev–Trinajstić information content (AvgIpc) is 2.65. The van der Waals surface area contributed by atoms with E-state index in [1.54, 1.807) is 17.0 Å². The fourth-order valence-corrected chi connectivity index (χ4v) is 4.96. The number of amides is 1. The second kappa shape index (κ2) is 9.59. The molecular formula is C16H21ClN2O5S2. The van der Waals surface area contributed by atoms with Gasteiger partial charge < -0.3 is 9.64 Å². The molecule has 0 bridgehead atoms. The Hall–Kier alpha value is -1.29. The molecule has 0 radical (unpaired) electrons. The van der Waals surface area contributed by atoms with Gasteiger partial charge in [0.2, 0.25) is 15.9 Å². The van der Waals surface area contributed by atoms with Crippen LogP contribution in [0.1, 0.15) is 6.42 Å². The molecule has 0 unspecified atom stereocenters. The van der Waals surface area contributed by atoms with Crippen LogP contribution in [-0.4, -0.2) is 74.3 Å². The van der Waals surface area contributed by atoms with Crippen LogP contribution in [0.2, 0.25) is 5.02 Å². The Morgan fingerprint density at radius 2 is 1.92 bits per heavy atom. The average molecular weight is 421 g/mol. The summed E-state index contributed by atoms with van der Waals surface area (Å²) < 4.78 is 31.2. The van der Waals surface area contributed by atoms with E-state index >= 15 is 0 Å². The number of nitrogens with zero attached hydrogens (tertiary/aromatic N) is 2. The molecule has 1 heterocycles. The van der Waals surface area contributed by atoms with Gasteiger partial charge in [-0.1, -0.05) is 17.7 Å². The van der Waals surface area contributed by atoms with Gasteiger partial charge in [-0.05, 0) is 18.2 Å². The fraction of sp³-hybridized carbons (Fsp3) is 0.500. The molecule has 1 fully saturated rings. The Kier molecular flexibility index (Phi) is 7.75. The zero-order chi connectivity index (χ0) is 19.2. The van der Waals surface area contributed by atoms with E-state index in [9.17, 15) is 18.0 Å². The number of ether oxygens (including phenoxy) is 1. The van der Waals surface area contributed by atoms with E-state index in [4.69, 9.17) is 11.6 Å². The Labute approximate surface area is 162 Å². The smallest absolute Gasteiger partial charge is 0.315 e. The van der Waals surface area contributed by atoms with Gasteiger partial charge in [-0.2, -0.15) is 4.31 Å². The van der Waals surface area contributed by atoms with Gasteiger partial charge in [-0.15, -0.1) is 11.8 Å². The van der Waals surface area contributed by atoms with E-state index < -0.39 is 10.0 Å². The van der Waals surface area contributed by atoms with Gasteiger partial charge >= 0.3 is 5.97 Å². The van der Waals surface area contributed by atoms with Crippen LogP contribution in [-0.2, 0) is 24.3 Å². The quantitative estimate of drug-likeness (QED) is 0.490. The fourth-order valence-electron chi connectivity index (χ4n) is 2.49. The van der Waals surface area contributed by atoms with Gasteiger partial charge in [0.25, 0.3) is 0 Å². The van der Waals surface area contributed by atoms with E-state index in [1.807, 2.05) is 0 Å². The summed E-state index contributed by atoms with van der Waals surface area (Å²) in [6, 6.07) is 6.15. The van der Waals surface area contributed by atoms with E-state index in [-0.39, 0.29) is 35.6 Å². The third-order valence-electron chi connectivity index (χ3n) is 3.93. The van der Waals surface area contributed by atoms with Crippen LogP contribution in [0.25, 0.3) is 0 Å². The van der Waals surface area contributed by atoms with Crippen molar-refractivity contribution in [3.8, 4) is 0 Å². The Morgan fingerprint density at radius 1 is 1.23 bits per heavy atom. The molecule has 1 aliphatic rings. The number of carbonyl (C=O) groups excluding carboxylic acids is 2. The monoisotopic (exact) mass is 420 g/mol. The first-order valence-electron chi connectivity index (χ1n) is 8.02. The summed E-state index contributed by atoms with van der Waals surface area (Å²) >= 11 is 7.22. The number of carbonyl (C=O) groups is 2. The lowest BCUT2D eigenvalue weighted by Crippen LogP contribution is -2.50. The number of benzene rings is 1. The van der Waals surface area contributed by atoms with Crippen molar-refractivity contribution >= 4 is 45.3 Å². The third-order valence-corrected chi connectivity index (χ3v) is 7.00. The van der Waals surface area contributed by atoms with Gasteiger partial charge in [0.05, 0.1) is 17.8 Å². The number of methoxy groups -OCH3 is 1. The van der Waals surface area contributed by atoms with Crippen LogP contribution in [0.4, 0.5) is 0 Å². The predicted octanol–water partition coefficient (Wildman–Crippen LogP) is 1.47. The standard InChI is InChI=1S/C16H21ClN2O5S2/c1-24-16(21)12-25-10-5-15(20)18-6-8-19(9-7-18)26(22,23)14-4-2-3-13(17)11-14/h2-4,11H,5-10,12H2,1H3.